The molecule has 0 radical (unpaired) electrons. The largest absolute Gasteiger partial charge is 0.386 e. The molecule has 0 spiro atoms. The Morgan fingerprint density at radius 3 is 2.75 bits per heavy atom. The van der Waals surface area contributed by atoms with E-state index in [2.05, 4.69) is 0 Å². The minimum Gasteiger partial charge on any atom is -0.386 e. The molecule has 1 aliphatic carbocycles. The molecule has 0 fully saturated rings. The second-order valence-electron chi connectivity index (χ2n) is 1.93. The van der Waals surface area contributed by atoms with Gasteiger partial charge in [0, 0.05) is 7.11 Å². The van der Waals surface area contributed by atoms with Crippen molar-refractivity contribution in [2.45, 2.75) is 18.6 Å². The smallest absolute Gasteiger partial charge is 0.0985 e. The van der Waals surface area contributed by atoms with Gasteiger partial charge in [0.25, 0.3) is 0 Å². The van der Waals surface area contributed by atoms with Gasteiger partial charge in [0.1, 0.15) is 0 Å². The van der Waals surface area contributed by atoms with Crippen molar-refractivity contribution in [3.63, 3.8) is 0 Å². The normalized spacial score (nSPS) is 36.2. The molecule has 1 rings (SSSR count). The highest BCUT2D eigenvalue weighted by atomic mass is 16.5. The van der Waals surface area contributed by atoms with Crippen LogP contribution in [0, 0.1) is 0 Å². The first kappa shape index (κ1) is 5.79. The zero-order valence-corrected chi connectivity index (χ0v) is 4.87. The minimum atomic E-state index is -0.375. The van der Waals surface area contributed by atoms with Gasteiger partial charge in [0.05, 0.1) is 12.2 Å². The SMILES string of the molecule is CO[C@H]1CC=C[C@@H]1O. The number of hydrogen-bond donors (Lipinski definition) is 1. The van der Waals surface area contributed by atoms with Crippen molar-refractivity contribution < 1.29 is 9.84 Å². The second kappa shape index (κ2) is 2.29. The van der Waals surface area contributed by atoms with E-state index in [1.165, 1.54) is 0 Å². The molecule has 0 aliphatic heterocycles. The first-order chi connectivity index (χ1) is 3.84. The fourth-order valence-corrected chi connectivity index (χ4v) is 0.851. The topological polar surface area (TPSA) is 29.5 Å². The van der Waals surface area contributed by atoms with Crippen LogP contribution in [0.3, 0.4) is 0 Å². The summed E-state index contributed by atoms with van der Waals surface area (Å²) in [4.78, 5) is 0. The van der Waals surface area contributed by atoms with Crippen molar-refractivity contribution in [2.24, 2.45) is 0 Å². The summed E-state index contributed by atoms with van der Waals surface area (Å²) in [6.45, 7) is 0. The predicted molar refractivity (Wildman–Crippen MR) is 30.6 cm³/mol. The zero-order valence-electron chi connectivity index (χ0n) is 4.87. The van der Waals surface area contributed by atoms with E-state index in [1.54, 1.807) is 13.2 Å². The zero-order chi connectivity index (χ0) is 5.98. The molecule has 0 saturated heterocycles. The lowest BCUT2D eigenvalue weighted by Crippen LogP contribution is -2.20. The maximum Gasteiger partial charge on any atom is 0.0985 e. The van der Waals surface area contributed by atoms with E-state index >= 15 is 0 Å². The van der Waals surface area contributed by atoms with Crippen molar-refractivity contribution in [1.29, 1.82) is 0 Å². The second-order valence-corrected chi connectivity index (χ2v) is 1.93. The lowest BCUT2D eigenvalue weighted by Gasteiger charge is -2.10. The van der Waals surface area contributed by atoms with Gasteiger partial charge in [-0.25, -0.2) is 0 Å². The van der Waals surface area contributed by atoms with E-state index in [0.29, 0.717) is 0 Å². The highest BCUT2D eigenvalue weighted by Gasteiger charge is 2.18. The number of ether oxygens (including phenoxy) is 1. The quantitative estimate of drug-likeness (QED) is 0.497. The van der Waals surface area contributed by atoms with Crippen LogP contribution in [0.25, 0.3) is 0 Å². The van der Waals surface area contributed by atoms with Crippen LogP contribution in [0.4, 0.5) is 0 Å². The van der Waals surface area contributed by atoms with Crippen LogP contribution in [0.5, 0.6) is 0 Å². The standard InChI is InChI=1S/C6H10O2/c1-8-6-4-2-3-5(6)7/h2-3,5-7H,4H2,1H3/t5-,6-/m0/s1. The van der Waals surface area contributed by atoms with Crippen LogP contribution in [-0.2, 0) is 4.74 Å². The molecule has 0 saturated carbocycles. The maximum atomic E-state index is 8.98. The third kappa shape index (κ3) is 0.904. The van der Waals surface area contributed by atoms with Crippen LogP contribution >= 0.6 is 0 Å². The molecule has 2 nitrogen and oxygen atoms in total. The van der Waals surface area contributed by atoms with Gasteiger partial charge in [-0.3, -0.25) is 0 Å². The number of aliphatic hydroxyl groups excluding tert-OH is 1. The third-order valence-electron chi connectivity index (χ3n) is 1.39. The summed E-state index contributed by atoms with van der Waals surface area (Å²) in [6, 6.07) is 0. The van der Waals surface area contributed by atoms with Gasteiger partial charge in [-0.2, -0.15) is 0 Å². The average molecular weight is 114 g/mol. The molecule has 1 aliphatic rings. The Labute approximate surface area is 48.8 Å². The van der Waals surface area contributed by atoms with E-state index in [1.807, 2.05) is 6.08 Å². The van der Waals surface area contributed by atoms with E-state index < -0.39 is 0 Å². The van der Waals surface area contributed by atoms with Crippen LogP contribution in [0.2, 0.25) is 0 Å². The molecular weight excluding hydrogens is 104 g/mol. The Hall–Kier alpha value is -0.340. The monoisotopic (exact) mass is 114 g/mol. The summed E-state index contributed by atoms with van der Waals surface area (Å²) in [5.41, 5.74) is 0. The van der Waals surface area contributed by atoms with Gasteiger partial charge in [-0.15, -0.1) is 0 Å². The Balaban J connectivity index is 2.38. The molecule has 1 N–H and O–H groups in total. The maximum absolute atomic E-state index is 8.98. The van der Waals surface area contributed by atoms with Crippen LogP contribution in [-0.4, -0.2) is 24.4 Å². The van der Waals surface area contributed by atoms with Gasteiger partial charge in [0.15, 0.2) is 0 Å². The van der Waals surface area contributed by atoms with Gasteiger partial charge in [0.2, 0.25) is 0 Å². The third-order valence-corrected chi connectivity index (χ3v) is 1.39. The Morgan fingerprint density at radius 2 is 2.50 bits per heavy atom. The van der Waals surface area contributed by atoms with Gasteiger partial charge >= 0.3 is 0 Å². The summed E-state index contributed by atoms with van der Waals surface area (Å²) in [5, 5.41) is 8.98. The summed E-state index contributed by atoms with van der Waals surface area (Å²) < 4.78 is 4.91. The van der Waals surface area contributed by atoms with E-state index in [9.17, 15) is 0 Å². The average Bonchev–Trinajstić information content (AvgIpc) is 2.14. The van der Waals surface area contributed by atoms with Crippen LogP contribution < -0.4 is 0 Å². The molecule has 0 aromatic rings. The van der Waals surface area contributed by atoms with Gasteiger partial charge in [-0.1, -0.05) is 12.2 Å². The van der Waals surface area contributed by atoms with Crippen molar-refractivity contribution >= 4 is 0 Å². The summed E-state index contributed by atoms with van der Waals surface area (Å²) >= 11 is 0. The molecule has 8 heavy (non-hydrogen) atoms. The molecule has 2 heteroatoms. The Kier molecular flexibility index (Phi) is 1.65. The van der Waals surface area contributed by atoms with E-state index in [0.717, 1.165) is 6.42 Å². The first-order valence-corrected chi connectivity index (χ1v) is 2.72. The summed E-state index contributed by atoms with van der Waals surface area (Å²) in [6.07, 6.45) is 4.17. The van der Waals surface area contributed by atoms with E-state index in [4.69, 9.17) is 9.84 Å². The Morgan fingerprint density at radius 1 is 1.75 bits per heavy atom. The van der Waals surface area contributed by atoms with Gasteiger partial charge in [-0.05, 0) is 6.42 Å². The molecule has 0 unspecified atom stereocenters. The number of aliphatic hydroxyl groups is 1. The molecule has 46 valence electrons. The molecule has 0 bridgehead atoms. The predicted octanol–water partition coefficient (Wildman–Crippen LogP) is 0.322. The summed E-state index contributed by atoms with van der Waals surface area (Å²) in [5.74, 6) is 0. The highest BCUT2D eigenvalue weighted by Crippen LogP contribution is 2.12. The van der Waals surface area contributed by atoms with Crippen molar-refractivity contribution in [1.82, 2.24) is 0 Å². The van der Waals surface area contributed by atoms with Gasteiger partial charge < -0.3 is 9.84 Å². The molecule has 0 amide bonds. The summed E-state index contributed by atoms with van der Waals surface area (Å²) in [7, 11) is 1.61. The number of rotatable bonds is 1. The van der Waals surface area contributed by atoms with E-state index in [-0.39, 0.29) is 12.2 Å². The lowest BCUT2D eigenvalue weighted by molar-refractivity contribution is 0.0230. The highest BCUT2D eigenvalue weighted by molar-refractivity contribution is 5.02. The fraction of sp³-hybridized carbons (Fsp3) is 0.667. The van der Waals surface area contributed by atoms with Crippen molar-refractivity contribution in [2.75, 3.05) is 7.11 Å². The number of methoxy groups -OCH3 is 1. The molecule has 0 aromatic carbocycles. The first-order valence-electron chi connectivity index (χ1n) is 2.72. The molecule has 0 aromatic heterocycles. The van der Waals surface area contributed by atoms with Crippen LogP contribution in [0.15, 0.2) is 12.2 Å². The minimum absolute atomic E-state index is 0.00926. The number of hydrogen-bond acceptors (Lipinski definition) is 2. The Bertz CT molecular complexity index is 98.7. The lowest BCUT2D eigenvalue weighted by atomic mass is 10.2. The molecule has 2 atom stereocenters. The molecule has 0 heterocycles. The van der Waals surface area contributed by atoms with Crippen molar-refractivity contribution in [3.05, 3.63) is 12.2 Å². The molecular formula is C6H10O2. The van der Waals surface area contributed by atoms with Crippen molar-refractivity contribution in [3.8, 4) is 0 Å². The fourth-order valence-electron chi connectivity index (χ4n) is 0.851. The van der Waals surface area contributed by atoms with Crippen LogP contribution in [0.1, 0.15) is 6.42 Å².